The summed E-state index contributed by atoms with van der Waals surface area (Å²) < 4.78 is 18.2. The summed E-state index contributed by atoms with van der Waals surface area (Å²) >= 11 is 1.56. The first kappa shape index (κ1) is 15.2. The Morgan fingerprint density at radius 2 is 2.00 bits per heavy atom. The van der Waals surface area contributed by atoms with Crippen molar-refractivity contribution in [2.45, 2.75) is 12.8 Å². The fraction of sp³-hybridized carbons (Fsp3) is 0.200. The average Bonchev–Trinajstić information content (AvgIpc) is 2.99. The normalized spacial score (nSPS) is 10.1. The van der Waals surface area contributed by atoms with Gasteiger partial charge in [0.05, 0.1) is 12.1 Å². The zero-order valence-electron chi connectivity index (χ0n) is 11.2. The molecule has 0 atom stereocenters. The molecule has 0 aliphatic carbocycles. The number of carbonyl (C=O) groups excluding carboxylic acids is 2. The van der Waals surface area contributed by atoms with Gasteiger partial charge in [-0.25, -0.2) is 4.39 Å². The number of hydrogen-bond acceptors (Lipinski definition) is 4. The second-order valence-electron chi connectivity index (χ2n) is 4.27. The van der Waals surface area contributed by atoms with Crippen LogP contribution in [0.15, 0.2) is 41.8 Å². The second-order valence-corrected chi connectivity index (χ2v) is 5.30. The van der Waals surface area contributed by atoms with Crippen molar-refractivity contribution in [3.05, 3.63) is 52.5 Å². The van der Waals surface area contributed by atoms with E-state index in [0.717, 1.165) is 4.88 Å². The number of carbonyl (C=O) groups is 2. The summed E-state index contributed by atoms with van der Waals surface area (Å²) in [5, 5.41) is 4.28. The Bertz CT molecular complexity index is 613. The van der Waals surface area contributed by atoms with Crippen molar-refractivity contribution in [1.29, 1.82) is 0 Å². The molecule has 4 nitrogen and oxygen atoms in total. The van der Waals surface area contributed by atoms with Gasteiger partial charge in [-0.05, 0) is 30.0 Å². The highest BCUT2D eigenvalue weighted by Crippen LogP contribution is 2.13. The molecule has 1 N–H and O–H groups in total. The minimum Gasteiger partial charge on any atom is -0.456 e. The van der Waals surface area contributed by atoms with Crippen LogP contribution in [0.1, 0.15) is 11.3 Å². The van der Waals surface area contributed by atoms with Crippen LogP contribution in [0, 0.1) is 5.82 Å². The Kier molecular flexibility index (Phi) is 5.45. The molecule has 6 heteroatoms. The van der Waals surface area contributed by atoms with Gasteiger partial charge < -0.3 is 10.1 Å². The van der Waals surface area contributed by atoms with Crippen LogP contribution >= 0.6 is 11.3 Å². The van der Waals surface area contributed by atoms with Crippen LogP contribution in [0.2, 0.25) is 0 Å². The number of hydrogen-bond donors (Lipinski definition) is 1. The number of ether oxygens (including phenoxy) is 1. The van der Waals surface area contributed by atoms with Crippen molar-refractivity contribution >= 4 is 28.9 Å². The molecule has 0 fully saturated rings. The lowest BCUT2D eigenvalue weighted by Gasteiger charge is -2.07. The molecule has 0 spiro atoms. The van der Waals surface area contributed by atoms with Gasteiger partial charge in [0.1, 0.15) is 5.82 Å². The van der Waals surface area contributed by atoms with Crippen LogP contribution in [0.3, 0.4) is 0 Å². The molecular weight excluding hydrogens is 293 g/mol. The van der Waals surface area contributed by atoms with E-state index in [1.165, 1.54) is 18.2 Å². The van der Waals surface area contributed by atoms with E-state index in [1.807, 2.05) is 17.5 Å². The van der Waals surface area contributed by atoms with Crippen LogP contribution in [-0.2, 0) is 20.7 Å². The summed E-state index contributed by atoms with van der Waals surface area (Å²) in [5.41, 5.74) is 0.0668. The smallest absolute Gasteiger partial charge is 0.306 e. The zero-order chi connectivity index (χ0) is 15.1. The third kappa shape index (κ3) is 5.00. The van der Waals surface area contributed by atoms with Gasteiger partial charge >= 0.3 is 5.97 Å². The van der Waals surface area contributed by atoms with Crippen LogP contribution in [0.4, 0.5) is 10.1 Å². The van der Waals surface area contributed by atoms with E-state index in [2.05, 4.69) is 5.32 Å². The molecule has 0 aliphatic heterocycles. The molecular formula is C15H14FNO3S. The topological polar surface area (TPSA) is 55.4 Å². The molecule has 2 rings (SSSR count). The van der Waals surface area contributed by atoms with Crippen molar-refractivity contribution in [1.82, 2.24) is 0 Å². The van der Waals surface area contributed by atoms with E-state index >= 15 is 0 Å². The highest BCUT2D eigenvalue weighted by Gasteiger charge is 2.10. The molecule has 0 aliphatic rings. The highest BCUT2D eigenvalue weighted by molar-refractivity contribution is 7.09. The summed E-state index contributed by atoms with van der Waals surface area (Å²) in [5.74, 6) is -1.55. The number of amides is 1. The standard InChI is InChI=1S/C15H14FNO3S/c16-12-5-1-2-6-13(12)17-14(18)10-20-15(19)8-7-11-4-3-9-21-11/h1-6,9H,7-8,10H2,(H,17,18). The molecule has 21 heavy (non-hydrogen) atoms. The van der Waals surface area contributed by atoms with Gasteiger partial charge in [0.25, 0.3) is 5.91 Å². The number of esters is 1. The maximum absolute atomic E-state index is 13.3. The molecule has 0 saturated heterocycles. The number of thiophene rings is 1. The van der Waals surface area contributed by atoms with Crippen LogP contribution in [0.5, 0.6) is 0 Å². The summed E-state index contributed by atoms with van der Waals surface area (Å²) in [6, 6.07) is 9.64. The van der Waals surface area contributed by atoms with Crippen molar-refractivity contribution in [3.63, 3.8) is 0 Å². The summed E-state index contributed by atoms with van der Waals surface area (Å²) in [6.45, 7) is -0.419. The molecule has 0 unspecified atom stereocenters. The lowest BCUT2D eigenvalue weighted by atomic mass is 10.3. The van der Waals surface area contributed by atoms with Crippen molar-refractivity contribution in [3.8, 4) is 0 Å². The molecule has 1 aromatic heterocycles. The Hall–Kier alpha value is -2.21. The maximum atomic E-state index is 13.3. The first-order chi connectivity index (χ1) is 10.1. The van der Waals surface area contributed by atoms with E-state index in [1.54, 1.807) is 17.4 Å². The molecule has 1 heterocycles. The Morgan fingerprint density at radius 3 is 2.71 bits per heavy atom. The SMILES string of the molecule is O=C(COC(=O)CCc1cccs1)Nc1ccccc1F. The molecule has 110 valence electrons. The van der Waals surface area contributed by atoms with Gasteiger partial charge in [-0.15, -0.1) is 11.3 Å². The number of para-hydroxylation sites is 1. The van der Waals surface area contributed by atoms with E-state index in [0.29, 0.717) is 6.42 Å². The molecule has 0 radical (unpaired) electrons. The van der Waals surface area contributed by atoms with Crippen molar-refractivity contribution in [2.75, 3.05) is 11.9 Å². The van der Waals surface area contributed by atoms with Gasteiger partial charge in [-0.2, -0.15) is 0 Å². The highest BCUT2D eigenvalue weighted by atomic mass is 32.1. The van der Waals surface area contributed by atoms with Gasteiger partial charge in [0, 0.05) is 4.88 Å². The number of rotatable bonds is 6. The van der Waals surface area contributed by atoms with Crippen LogP contribution in [-0.4, -0.2) is 18.5 Å². The number of benzene rings is 1. The first-order valence-electron chi connectivity index (χ1n) is 6.37. The number of aryl methyl sites for hydroxylation is 1. The predicted molar refractivity (Wildman–Crippen MR) is 78.6 cm³/mol. The number of halogens is 1. The summed E-state index contributed by atoms with van der Waals surface area (Å²) in [4.78, 5) is 24.1. The third-order valence-corrected chi connectivity index (χ3v) is 3.60. The van der Waals surface area contributed by atoms with Crippen LogP contribution < -0.4 is 5.32 Å². The maximum Gasteiger partial charge on any atom is 0.306 e. The largest absolute Gasteiger partial charge is 0.456 e. The van der Waals surface area contributed by atoms with Gasteiger partial charge in [0.15, 0.2) is 6.61 Å². The number of nitrogens with one attached hydrogen (secondary N) is 1. The lowest BCUT2D eigenvalue weighted by Crippen LogP contribution is -2.21. The summed E-state index contributed by atoms with van der Waals surface area (Å²) in [7, 11) is 0. The minimum absolute atomic E-state index is 0.0668. The Morgan fingerprint density at radius 1 is 1.19 bits per heavy atom. The lowest BCUT2D eigenvalue weighted by molar-refractivity contribution is -0.147. The fourth-order valence-corrected chi connectivity index (χ4v) is 2.36. The Labute approximate surface area is 125 Å². The number of anilines is 1. The average molecular weight is 307 g/mol. The fourth-order valence-electron chi connectivity index (χ4n) is 1.65. The van der Waals surface area contributed by atoms with E-state index < -0.39 is 24.3 Å². The Balaban J connectivity index is 1.71. The van der Waals surface area contributed by atoms with E-state index in [-0.39, 0.29) is 12.1 Å². The summed E-state index contributed by atoms with van der Waals surface area (Å²) in [6.07, 6.45) is 0.804. The van der Waals surface area contributed by atoms with Gasteiger partial charge in [0.2, 0.25) is 0 Å². The quantitative estimate of drug-likeness (QED) is 0.835. The van der Waals surface area contributed by atoms with E-state index in [4.69, 9.17) is 4.74 Å². The molecule has 0 bridgehead atoms. The van der Waals surface area contributed by atoms with Crippen molar-refractivity contribution < 1.29 is 18.7 Å². The van der Waals surface area contributed by atoms with Crippen molar-refractivity contribution in [2.24, 2.45) is 0 Å². The molecule has 2 aromatic rings. The van der Waals surface area contributed by atoms with Gasteiger partial charge in [-0.3, -0.25) is 9.59 Å². The van der Waals surface area contributed by atoms with Gasteiger partial charge in [-0.1, -0.05) is 18.2 Å². The second kappa shape index (κ2) is 7.54. The third-order valence-electron chi connectivity index (χ3n) is 2.67. The predicted octanol–water partition coefficient (Wildman–Crippen LogP) is 3.00. The van der Waals surface area contributed by atoms with E-state index in [9.17, 15) is 14.0 Å². The van der Waals surface area contributed by atoms with Crippen LogP contribution in [0.25, 0.3) is 0 Å². The first-order valence-corrected chi connectivity index (χ1v) is 7.25. The molecule has 1 amide bonds. The monoisotopic (exact) mass is 307 g/mol. The minimum atomic E-state index is -0.565. The zero-order valence-corrected chi connectivity index (χ0v) is 12.0. The molecule has 0 saturated carbocycles. The molecule has 1 aromatic carbocycles.